The minimum atomic E-state index is -0.237. The van der Waals surface area contributed by atoms with Gasteiger partial charge in [0.05, 0.1) is 11.3 Å². The molecule has 2 rings (SSSR count). The number of aromatic nitrogens is 4. The highest BCUT2D eigenvalue weighted by molar-refractivity contribution is 8.00. The molecule has 23 heavy (non-hydrogen) atoms. The summed E-state index contributed by atoms with van der Waals surface area (Å²) in [5, 5.41) is 12.1. The number of carbonyl (C=O) groups excluding carboxylic acids is 1. The van der Waals surface area contributed by atoms with Crippen LogP contribution in [-0.2, 0) is 5.41 Å². The highest BCUT2D eigenvalue weighted by Gasteiger charge is 2.21. The molecule has 0 fully saturated rings. The van der Waals surface area contributed by atoms with Gasteiger partial charge in [0.2, 0.25) is 5.16 Å². The van der Waals surface area contributed by atoms with Crippen LogP contribution in [0.15, 0.2) is 29.4 Å². The first-order valence-electron chi connectivity index (χ1n) is 7.79. The summed E-state index contributed by atoms with van der Waals surface area (Å²) in [6.07, 6.45) is 0. The van der Waals surface area contributed by atoms with Crippen molar-refractivity contribution < 1.29 is 4.79 Å². The van der Waals surface area contributed by atoms with E-state index in [4.69, 9.17) is 0 Å². The molecule has 0 amide bonds. The first-order chi connectivity index (χ1) is 10.7. The Morgan fingerprint density at radius 1 is 1.13 bits per heavy atom. The van der Waals surface area contributed by atoms with E-state index in [2.05, 4.69) is 36.3 Å². The van der Waals surface area contributed by atoms with Crippen molar-refractivity contribution in [1.29, 1.82) is 0 Å². The molecule has 1 aromatic carbocycles. The third kappa shape index (κ3) is 4.19. The summed E-state index contributed by atoms with van der Waals surface area (Å²) in [6, 6.07) is 8.04. The molecule has 124 valence electrons. The highest BCUT2D eigenvalue weighted by atomic mass is 32.2. The maximum atomic E-state index is 12.6. The van der Waals surface area contributed by atoms with Crippen LogP contribution in [0, 0.1) is 0 Å². The molecular weight excluding hydrogens is 308 g/mol. The van der Waals surface area contributed by atoms with E-state index >= 15 is 0 Å². The van der Waals surface area contributed by atoms with Gasteiger partial charge in [-0.2, -0.15) is 0 Å². The average molecular weight is 332 g/mol. The van der Waals surface area contributed by atoms with Gasteiger partial charge in [0.25, 0.3) is 0 Å². The lowest BCUT2D eigenvalue weighted by Gasteiger charge is -2.19. The van der Waals surface area contributed by atoms with Crippen LogP contribution in [0.5, 0.6) is 0 Å². The van der Waals surface area contributed by atoms with Crippen LogP contribution < -0.4 is 0 Å². The monoisotopic (exact) mass is 332 g/mol. The van der Waals surface area contributed by atoms with Crippen molar-refractivity contribution in [2.75, 3.05) is 0 Å². The molecule has 6 heteroatoms. The number of nitrogens with zero attached hydrogens (tertiary/aromatic N) is 4. The maximum absolute atomic E-state index is 12.6. The Hall–Kier alpha value is -1.69. The van der Waals surface area contributed by atoms with Gasteiger partial charge < -0.3 is 0 Å². The Kier molecular flexibility index (Phi) is 5.24. The van der Waals surface area contributed by atoms with Crippen molar-refractivity contribution in [3.8, 4) is 0 Å². The lowest BCUT2D eigenvalue weighted by Crippen LogP contribution is -2.16. The van der Waals surface area contributed by atoms with E-state index in [0.717, 1.165) is 5.56 Å². The summed E-state index contributed by atoms with van der Waals surface area (Å²) < 4.78 is 1.73. The number of thioether (sulfide) groups is 1. The van der Waals surface area contributed by atoms with Crippen molar-refractivity contribution in [2.24, 2.45) is 0 Å². The number of hydrogen-bond acceptors (Lipinski definition) is 5. The zero-order valence-electron chi connectivity index (χ0n) is 14.6. The third-order valence-electron chi connectivity index (χ3n) is 3.64. The van der Waals surface area contributed by atoms with Gasteiger partial charge in [-0.25, -0.2) is 4.68 Å². The van der Waals surface area contributed by atoms with E-state index in [1.807, 2.05) is 45.0 Å². The fraction of sp³-hybridized carbons (Fsp3) is 0.529. The molecule has 0 N–H and O–H groups in total. The molecule has 0 aliphatic heterocycles. The molecule has 0 spiro atoms. The van der Waals surface area contributed by atoms with Crippen molar-refractivity contribution in [1.82, 2.24) is 20.2 Å². The van der Waals surface area contributed by atoms with Crippen LogP contribution in [0.25, 0.3) is 0 Å². The molecule has 0 radical (unpaired) electrons. The topological polar surface area (TPSA) is 60.7 Å². The van der Waals surface area contributed by atoms with Crippen LogP contribution >= 0.6 is 11.8 Å². The molecule has 0 saturated carbocycles. The zero-order chi connectivity index (χ0) is 17.2. The van der Waals surface area contributed by atoms with Gasteiger partial charge >= 0.3 is 0 Å². The summed E-state index contributed by atoms with van der Waals surface area (Å²) in [4.78, 5) is 12.6. The molecule has 5 nitrogen and oxygen atoms in total. The second kappa shape index (κ2) is 6.83. The summed E-state index contributed by atoms with van der Waals surface area (Å²) in [5.41, 5.74) is 2.03. The molecule has 0 unspecified atom stereocenters. The lowest BCUT2D eigenvalue weighted by atomic mass is 9.86. The minimum Gasteiger partial charge on any atom is -0.293 e. The number of rotatable bonds is 5. The Bertz CT molecular complexity index is 671. The molecule has 1 aromatic heterocycles. The van der Waals surface area contributed by atoms with Gasteiger partial charge in [-0.15, -0.1) is 5.10 Å². The predicted molar refractivity (Wildman–Crippen MR) is 93.0 cm³/mol. The van der Waals surface area contributed by atoms with E-state index in [1.54, 1.807) is 4.68 Å². The molecule has 2 aromatic rings. The van der Waals surface area contributed by atoms with E-state index < -0.39 is 0 Å². The van der Waals surface area contributed by atoms with Gasteiger partial charge in [0.1, 0.15) is 0 Å². The maximum Gasteiger partial charge on any atom is 0.210 e. The van der Waals surface area contributed by atoms with Crippen molar-refractivity contribution in [3.05, 3.63) is 35.4 Å². The standard InChI is InChI=1S/C17H24N4OS/c1-11(2)21-16(18-19-20-21)23-12(3)15(22)13-7-9-14(10-8-13)17(4,5)6/h7-12H,1-6H3/t12-/m0/s1. The molecule has 0 bridgehead atoms. The van der Waals surface area contributed by atoms with Crippen LogP contribution in [0.1, 0.15) is 63.5 Å². The van der Waals surface area contributed by atoms with E-state index in [0.29, 0.717) is 5.16 Å². The number of tetrazole rings is 1. The van der Waals surface area contributed by atoms with E-state index in [-0.39, 0.29) is 22.5 Å². The predicted octanol–water partition coefficient (Wildman–Crippen LogP) is 3.92. The van der Waals surface area contributed by atoms with Crippen LogP contribution in [0.4, 0.5) is 0 Å². The number of benzene rings is 1. The van der Waals surface area contributed by atoms with Crippen LogP contribution in [0.2, 0.25) is 0 Å². The Morgan fingerprint density at radius 2 is 1.74 bits per heavy atom. The van der Waals surface area contributed by atoms with Gasteiger partial charge in [-0.1, -0.05) is 56.8 Å². The molecular formula is C17H24N4OS. The quantitative estimate of drug-likeness (QED) is 0.613. The molecule has 1 heterocycles. The summed E-state index contributed by atoms with van der Waals surface area (Å²) in [5.74, 6) is 0.0914. The second-order valence-corrected chi connectivity index (χ2v) is 8.26. The smallest absolute Gasteiger partial charge is 0.210 e. The number of carbonyl (C=O) groups is 1. The van der Waals surface area contributed by atoms with Crippen molar-refractivity contribution >= 4 is 17.5 Å². The molecule has 1 atom stereocenters. The summed E-state index contributed by atoms with van der Waals surface area (Å²) in [6.45, 7) is 12.4. The van der Waals surface area contributed by atoms with Crippen molar-refractivity contribution in [3.63, 3.8) is 0 Å². The second-order valence-electron chi connectivity index (χ2n) is 6.95. The highest BCUT2D eigenvalue weighted by Crippen LogP contribution is 2.26. The van der Waals surface area contributed by atoms with Crippen molar-refractivity contribution in [2.45, 2.75) is 63.4 Å². The Balaban J connectivity index is 2.12. The normalized spacial score (nSPS) is 13.3. The van der Waals surface area contributed by atoms with Gasteiger partial charge in [-0.3, -0.25) is 4.79 Å². The minimum absolute atomic E-state index is 0.0846. The Labute approximate surface area is 141 Å². The fourth-order valence-electron chi connectivity index (χ4n) is 2.17. The molecule has 0 saturated heterocycles. The van der Waals surface area contributed by atoms with Gasteiger partial charge in [0, 0.05) is 5.56 Å². The summed E-state index contributed by atoms with van der Waals surface area (Å²) >= 11 is 1.40. The largest absolute Gasteiger partial charge is 0.293 e. The molecule has 0 aliphatic rings. The van der Waals surface area contributed by atoms with E-state index in [9.17, 15) is 4.79 Å². The number of hydrogen-bond donors (Lipinski definition) is 0. The third-order valence-corrected chi connectivity index (χ3v) is 4.69. The number of ketones is 1. The first-order valence-corrected chi connectivity index (χ1v) is 8.67. The average Bonchev–Trinajstić information content (AvgIpc) is 2.94. The van der Waals surface area contributed by atoms with E-state index in [1.165, 1.54) is 17.3 Å². The number of Topliss-reactive ketones (excluding diaryl/α,β-unsaturated/α-hetero) is 1. The lowest BCUT2D eigenvalue weighted by molar-refractivity contribution is 0.0993. The van der Waals surface area contributed by atoms with Crippen LogP contribution in [-0.4, -0.2) is 31.2 Å². The van der Waals surface area contributed by atoms with Crippen LogP contribution in [0.3, 0.4) is 0 Å². The fourth-order valence-corrected chi connectivity index (χ4v) is 3.17. The van der Waals surface area contributed by atoms with Gasteiger partial charge in [0.15, 0.2) is 5.78 Å². The Morgan fingerprint density at radius 3 is 2.26 bits per heavy atom. The zero-order valence-corrected chi connectivity index (χ0v) is 15.4. The SMILES string of the molecule is CC(C)n1nnnc1S[C@@H](C)C(=O)c1ccc(C(C)(C)C)cc1. The summed E-state index contributed by atoms with van der Waals surface area (Å²) in [7, 11) is 0. The first kappa shape index (κ1) is 17.7. The molecule has 0 aliphatic carbocycles. The van der Waals surface area contributed by atoms with Gasteiger partial charge in [-0.05, 0) is 42.2 Å².